The molecule has 7 heteroatoms. The molecule has 0 bridgehead atoms. The summed E-state index contributed by atoms with van der Waals surface area (Å²) in [5.41, 5.74) is 0.528. The smallest absolute Gasteiger partial charge is 0.312 e. The van der Waals surface area contributed by atoms with E-state index < -0.39 is 4.92 Å². The summed E-state index contributed by atoms with van der Waals surface area (Å²) in [5, 5.41) is 13.6. The predicted molar refractivity (Wildman–Crippen MR) is 85.2 cm³/mol. The second kappa shape index (κ2) is 7.26. The molecule has 120 valence electrons. The van der Waals surface area contributed by atoms with Crippen molar-refractivity contribution < 1.29 is 19.2 Å². The van der Waals surface area contributed by atoms with Crippen LogP contribution >= 0.6 is 0 Å². The summed E-state index contributed by atoms with van der Waals surface area (Å²) >= 11 is 0. The van der Waals surface area contributed by atoms with Crippen LogP contribution in [-0.4, -0.2) is 24.5 Å². The third kappa shape index (κ3) is 3.97. The molecule has 0 saturated heterocycles. The number of hydrogen-bond acceptors (Lipinski definition) is 5. The maximum atomic E-state index is 12.2. The summed E-state index contributed by atoms with van der Waals surface area (Å²) in [4.78, 5) is 22.6. The van der Waals surface area contributed by atoms with Crippen LogP contribution in [0.5, 0.6) is 11.5 Å². The van der Waals surface area contributed by atoms with Gasteiger partial charge in [-0.2, -0.15) is 0 Å². The lowest BCUT2D eigenvalue weighted by Crippen LogP contribution is -2.12. The zero-order valence-electron chi connectivity index (χ0n) is 12.7. The van der Waals surface area contributed by atoms with E-state index in [-0.39, 0.29) is 17.3 Å². The third-order valence-electron chi connectivity index (χ3n) is 3.06. The molecule has 0 aromatic heterocycles. The SMILES string of the molecule is CCOc1ccc(C(=O)Nc2ccc(OC)c([N+](=O)[O-])c2)cc1. The normalized spacial score (nSPS) is 10.0. The van der Waals surface area contributed by atoms with Gasteiger partial charge in [-0.1, -0.05) is 0 Å². The number of nitro benzene ring substituents is 1. The van der Waals surface area contributed by atoms with E-state index in [1.54, 1.807) is 24.3 Å². The molecule has 0 radical (unpaired) electrons. The number of carbonyl (C=O) groups excluding carboxylic acids is 1. The molecule has 0 spiro atoms. The van der Waals surface area contributed by atoms with Crippen molar-refractivity contribution in [2.75, 3.05) is 19.0 Å². The van der Waals surface area contributed by atoms with E-state index in [1.807, 2.05) is 6.92 Å². The van der Waals surface area contributed by atoms with E-state index in [2.05, 4.69) is 5.32 Å². The summed E-state index contributed by atoms with van der Waals surface area (Å²) in [6.45, 7) is 2.41. The molecule has 0 fully saturated rings. The van der Waals surface area contributed by atoms with Crippen LogP contribution in [-0.2, 0) is 0 Å². The second-order valence-corrected chi connectivity index (χ2v) is 4.56. The minimum absolute atomic E-state index is 0.133. The Morgan fingerprint density at radius 1 is 1.22 bits per heavy atom. The van der Waals surface area contributed by atoms with Crippen molar-refractivity contribution in [3.8, 4) is 11.5 Å². The molecule has 0 atom stereocenters. The number of nitrogens with one attached hydrogen (secondary N) is 1. The molecule has 0 aliphatic heterocycles. The Labute approximate surface area is 133 Å². The number of nitrogens with zero attached hydrogens (tertiary/aromatic N) is 1. The Kier molecular flexibility index (Phi) is 5.14. The molecule has 0 unspecified atom stereocenters. The van der Waals surface area contributed by atoms with Crippen LogP contribution in [0.3, 0.4) is 0 Å². The van der Waals surface area contributed by atoms with E-state index in [4.69, 9.17) is 9.47 Å². The van der Waals surface area contributed by atoms with Crippen LogP contribution in [0.15, 0.2) is 42.5 Å². The Hall–Kier alpha value is -3.09. The summed E-state index contributed by atoms with van der Waals surface area (Å²) in [7, 11) is 1.35. The van der Waals surface area contributed by atoms with Gasteiger partial charge in [-0.3, -0.25) is 14.9 Å². The summed E-state index contributed by atoms with van der Waals surface area (Å²) in [6, 6.07) is 10.9. The number of anilines is 1. The van der Waals surface area contributed by atoms with E-state index in [9.17, 15) is 14.9 Å². The first-order valence-electron chi connectivity index (χ1n) is 6.91. The van der Waals surface area contributed by atoms with Crippen molar-refractivity contribution in [2.45, 2.75) is 6.92 Å². The Morgan fingerprint density at radius 3 is 2.48 bits per heavy atom. The van der Waals surface area contributed by atoms with Crippen LogP contribution in [0.25, 0.3) is 0 Å². The van der Waals surface area contributed by atoms with Gasteiger partial charge < -0.3 is 14.8 Å². The van der Waals surface area contributed by atoms with Gasteiger partial charge in [0.2, 0.25) is 0 Å². The average molecular weight is 316 g/mol. The number of hydrogen-bond donors (Lipinski definition) is 1. The zero-order chi connectivity index (χ0) is 16.8. The van der Waals surface area contributed by atoms with E-state index in [1.165, 1.54) is 25.3 Å². The fourth-order valence-corrected chi connectivity index (χ4v) is 1.98. The van der Waals surface area contributed by atoms with Gasteiger partial charge in [-0.25, -0.2) is 0 Å². The molecule has 2 rings (SSSR count). The van der Waals surface area contributed by atoms with Gasteiger partial charge in [0.05, 0.1) is 18.6 Å². The molecule has 0 aliphatic carbocycles. The van der Waals surface area contributed by atoms with E-state index >= 15 is 0 Å². The first-order chi connectivity index (χ1) is 11.0. The molecule has 2 aromatic carbocycles. The van der Waals surface area contributed by atoms with Crippen molar-refractivity contribution in [1.82, 2.24) is 0 Å². The lowest BCUT2D eigenvalue weighted by Gasteiger charge is -2.08. The minimum Gasteiger partial charge on any atom is -0.494 e. The van der Waals surface area contributed by atoms with Crippen molar-refractivity contribution >= 4 is 17.3 Å². The predicted octanol–water partition coefficient (Wildman–Crippen LogP) is 3.25. The molecule has 0 saturated carbocycles. The van der Waals surface area contributed by atoms with Crippen LogP contribution in [0, 0.1) is 10.1 Å². The molecular formula is C16H16N2O5. The number of benzene rings is 2. The Bertz CT molecular complexity index is 713. The second-order valence-electron chi connectivity index (χ2n) is 4.56. The standard InChI is InChI=1S/C16H16N2O5/c1-3-23-13-7-4-11(5-8-13)16(19)17-12-6-9-15(22-2)14(10-12)18(20)21/h4-10H,3H2,1-2H3,(H,17,19). The van der Waals surface area contributed by atoms with Crippen molar-refractivity contribution in [3.63, 3.8) is 0 Å². The van der Waals surface area contributed by atoms with Crippen molar-refractivity contribution in [1.29, 1.82) is 0 Å². The molecular weight excluding hydrogens is 300 g/mol. The van der Waals surface area contributed by atoms with Crippen LogP contribution < -0.4 is 14.8 Å². The molecule has 1 N–H and O–H groups in total. The van der Waals surface area contributed by atoms with Gasteiger partial charge >= 0.3 is 5.69 Å². The molecule has 0 aliphatic rings. The minimum atomic E-state index is -0.564. The maximum Gasteiger partial charge on any atom is 0.312 e. The lowest BCUT2D eigenvalue weighted by atomic mass is 10.2. The Morgan fingerprint density at radius 2 is 1.91 bits per heavy atom. The number of nitro groups is 1. The fraction of sp³-hybridized carbons (Fsp3) is 0.188. The monoisotopic (exact) mass is 316 g/mol. The summed E-state index contributed by atoms with van der Waals surface area (Å²) in [5.74, 6) is 0.436. The lowest BCUT2D eigenvalue weighted by molar-refractivity contribution is -0.385. The van der Waals surface area contributed by atoms with Gasteiger partial charge in [0.1, 0.15) is 5.75 Å². The highest BCUT2D eigenvalue weighted by Gasteiger charge is 2.16. The zero-order valence-corrected chi connectivity index (χ0v) is 12.7. The number of rotatable bonds is 6. The molecule has 23 heavy (non-hydrogen) atoms. The van der Waals surface area contributed by atoms with E-state index in [0.717, 1.165) is 0 Å². The first-order valence-corrected chi connectivity index (χ1v) is 6.91. The van der Waals surface area contributed by atoms with Crippen LogP contribution in [0.4, 0.5) is 11.4 Å². The topological polar surface area (TPSA) is 90.7 Å². The van der Waals surface area contributed by atoms with Gasteiger partial charge in [-0.15, -0.1) is 0 Å². The molecule has 7 nitrogen and oxygen atoms in total. The highest BCUT2D eigenvalue weighted by molar-refractivity contribution is 6.04. The van der Waals surface area contributed by atoms with Crippen LogP contribution in [0.1, 0.15) is 17.3 Å². The highest BCUT2D eigenvalue weighted by Crippen LogP contribution is 2.29. The molecule has 1 amide bonds. The van der Waals surface area contributed by atoms with Gasteiger partial charge in [0.25, 0.3) is 5.91 Å². The summed E-state index contributed by atoms with van der Waals surface area (Å²) in [6.07, 6.45) is 0. The van der Waals surface area contributed by atoms with Crippen molar-refractivity contribution in [3.05, 3.63) is 58.1 Å². The molecule has 0 heterocycles. The van der Waals surface area contributed by atoms with E-state index in [0.29, 0.717) is 23.6 Å². The van der Waals surface area contributed by atoms with Gasteiger partial charge in [0.15, 0.2) is 5.75 Å². The highest BCUT2D eigenvalue weighted by atomic mass is 16.6. The summed E-state index contributed by atoms with van der Waals surface area (Å²) < 4.78 is 10.2. The van der Waals surface area contributed by atoms with Crippen LogP contribution in [0.2, 0.25) is 0 Å². The molecule has 2 aromatic rings. The maximum absolute atomic E-state index is 12.2. The Balaban J connectivity index is 2.16. The number of methoxy groups -OCH3 is 1. The number of carbonyl (C=O) groups is 1. The first kappa shape index (κ1) is 16.3. The number of ether oxygens (including phenoxy) is 2. The van der Waals surface area contributed by atoms with Gasteiger partial charge in [-0.05, 0) is 43.3 Å². The fourth-order valence-electron chi connectivity index (χ4n) is 1.98. The largest absolute Gasteiger partial charge is 0.494 e. The third-order valence-corrected chi connectivity index (χ3v) is 3.06. The number of amides is 1. The average Bonchev–Trinajstić information content (AvgIpc) is 2.55. The quantitative estimate of drug-likeness (QED) is 0.652. The van der Waals surface area contributed by atoms with Gasteiger partial charge in [0, 0.05) is 17.3 Å². The van der Waals surface area contributed by atoms with Crippen molar-refractivity contribution in [2.24, 2.45) is 0 Å².